The minimum Gasteiger partial charge on any atom is -0.351 e. The fourth-order valence-corrected chi connectivity index (χ4v) is 1.86. The van der Waals surface area contributed by atoms with Crippen LogP contribution in [0.5, 0.6) is 0 Å². The summed E-state index contributed by atoms with van der Waals surface area (Å²) in [6.07, 6.45) is 1.86. The van der Waals surface area contributed by atoms with Gasteiger partial charge in [-0.05, 0) is 26.0 Å². The Bertz CT molecular complexity index is 286. The molecule has 0 aliphatic carbocycles. The molecular formula is C11H17N3. The van der Waals surface area contributed by atoms with Gasteiger partial charge in [0.05, 0.1) is 0 Å². The molecule has 0 bridgehead atoms. The van der Waals surface area contributed by atoms with Crippen LogP contribution in [0.4, 0.5) is 5.82 Å². The molecule has 2 unspecified atom stereocenters. The van der Waals surface area contributed by atoms with E-state index in [0.29, 0.717) is 12.1 Å². The maximum atomic E-state index is 4.39. The van der Waals surface area contributed by atoms with Crippen LogP contribution in [0.2, 0.25) is 0 Å². The molecule has 1 aliphatic rings. The summed E-state index contributed by atoms with van der Waals surface area (Å²) in [5, 5.41) is 3.46. The number of rotatable bonds is 1. The van der Waals surface area contributed by atoms with Gasteiger partial charge in [0.25, 0.3) is 0 Å². The average molecular weight is 191 g/mol. The van der Waals surface area contributed by atoms with Crippen molar-refractivity contribution in [3.8, 4) is 0 Å². The first-order chi connectivity index (χ1) is 6.77. The van der Waals surface area contributed by atoms with Crippen molar-refractivity contribution < 1.29 is 0 Å². The molecule has 2 rings (SSSR count). The van der Waals surface area contributed by atoms with E-state index < -0.39 is 0 Å². The van der Waals surface area contributed by atoms with Crippen LogP contribution in [0, 0.1) is 0 Å². The third-order valence-electron chi connectivity index (χ3n) is 2.71. The molecule has 76 valence electrons. The molecule has 2 heterocycles. The zero-order chi connectivity index (χ0) is 9.97. The minimum atomic E-state index is 0.529. The second-order valence-corrected chi connectivity index (χ2v) is 4.00. The van der Waals surface area contributed by atoms with Crippen molar-refractivity contribution in [1.29, 1.82) is 0 Å². The molecule has 1 aromatic heterocycles. The van der Waals surface area contributed by atoms with Gasteiger partial charge in [0.1, 0.15) is 5.82 Å². The van der Waals surface area contributed by atoms with E-state index in [4.69, 9.17) is 0 Å². The minimum absolute atomic E-state index is 0.529. The van der Waals surface area contributed by atoms with Crippen LogP contribution in [-0.2, 0) is 0 Å². The van der Waals surface area contributed by atoms with Crippen molar-refractivity contribution in [3.63, 3.8) is 0 Å². The van der Waals surface area contributed by atoms with E-state index in [-0.39, 0.29) is 0 Å². The fraction of sp³-hybridized carbons (Fsp3) is 0.545. The first-order valence-electron chi connectivity index (χ1n) is 5.18. The van der Waals surface area contributed by atoms with E-state index in [1.165, 1.54) is 0 Å². The zero-order valence-electron chi connectivity index (χ0n) is 8.77. The number of nitrogens with zero attached hydrogens (tertiary/aromatic N) is 2. The van der Waals surface area contributed by atoms with Gasteiger partial charge in [-0.15, -0.1) is 0 Å². The SMILES string of the molecule is CC1CN(c2ccccn2)C(C)CN1. The Morgan fingerprint density at radius 2 is 2.29 bits per heavy atom. The van der Waals surface area contributed by atoms with Crippen molar-refractivity contribution in [2.45, 2.75) is 25.9 Å². The Labute approximate surface area is 85.1 Å². The highest BCUT2D eigenvalue weighted by molar-refractivity contribution is 5.40. The molecule has 3 heteroatoms. The normalized spacial score (nSPS) is 27.7. The van der Waals surface area contributed by atoms with Crippen LogP contribution in [0.15, 0.2) is 24.4 Å². The van der Waals surface area contributed by atoms with E-state index in [1.54, 1.807) is 0 Å². The topological polar surface area (TPSA) is 28.2 Å². The van der Waals surface area contributed by atoms with E-state index in [0.717, 1.165) is 18.9 Å². The summed E-state index contributed by atoms with van der Waals surface area (Å²) in [6.45, 7) is 6.52. The van der Waals surface area contributed by atoms with Crippen LogP contribution in [0.25, 0.3) is 0 Å². The van der Waals surface area contributed by atoms with Crippen molar-refractivity contribution >= 4 is 5.82 Å². The second kappa shape index (κ2) is 3.96. The van der Waals surface area contributed by atoms with E-state index in [9.17, 15) is 0 Å². The molecule has 0 saturated carbocycles. The predicted octanol–water partition coefficient (Wildman–Crippen LogP) is 1.27. The summed E-state index contributed by atoms with van der Waals surface area (Å²) in [5.74, 6) is 1.09. The second-order valence-electron chi connectivity index (χ2n) is 4.00. The van der Waals surface area contributed by atoms with Crippen LogP contribution in [0.3, 0.4) is 0 Å². The summed E-state index contributed by atoms with van der Waals surface area (Å²) in [7, 11) is 0. The lowest BCUT2D eigenvalue weighted by molar-refractivity contribution is 0.422. The summed E-state index contributed by atoms with van der Waals surface area (Å²) in [4.78, 5) is 6.75. The van der Waals surface area contributed by atoms with Crippen LogP contribution in [0.1, 0.15) is 13.8 Å². The van der Waals surface area contributed by atoms with E-state index in [2.05, 4.69) is 35.1 Å². The summed E-state index contributed by atoms with van der Waals surface area (Å²) < 4.78 is 0. The van der Waals surface area contributed by atoms with Crippen molar-refractivity contribution in [1.82, 2.24) is 10.3 Å². The van der Waals surface area contributed by atoms with Gasteiger partial charge < -0.3 is 10.2 Å². The molecule has 1 N–H and O–H groups in total. The number of piperazine rings is 1. The molecule has 0 amide bonds. The van der Waals surface area contributed by atoms with Crippen LogP contribution >= 0.6 is 0 Å². The van der Waals surface area contributed by atoms with Gasteiger partial charge in [0.2, 0.25) is 0 Å². The zero-order valence-corrected chi connectivity index (χ0v) is 8.77. The molecule has 3 nitrogen and oxygen atoms in total. The number of aromatic nitrogens is 1. The maximum Gasteiger partial charge on any atom is 0.128 e. The molecule has 0 spiro atoms. The van der Waals surface area contributed by atoms with Gasteiger partial charge in [-0.3, -0.25) is 0 Å². The third kappa shape index (κ3) is 1.87. The molecule has 0 aromatic carbocycles. The molecule has 1 aliphatic heterocycles. The molecule has 2 atom stereocenters. The monoisotopic (exact) mass is 191 g/mol. The molecule has 14 heavy (non-hydrogen) atoms. The maximum absolute atomic E-state index is 4.39. The van der Waals surface area contributed by atoms with Gasteiger partial charge in [-0.25, -0.2) is 4.98 Å². The van der Waals surface area contributed by atoms with Gasteiger partial charge >= 0.3 is 0 Å². The lowest BCUT2D eigenvalue weighted by atomic mass is 10.1. The largest absolute Gasteiger partial charge is 0.351 e. The average Bonchev–Trinajstić information content (AvgIpc) is 2.23. The third-order valence-corrected chi connectivity index (χ3v) is 2.71. The Balaban J connectivity index is 2.16. The van der Waals surface area contributed by atoms with E-state index in [1.807, 2.05) is 18.3 Å². The highest BCUT2D eigenvalue weighted by Gasteiger charge is 2.22. The number of hydrogen-bond donors (Lipinski definition) is 1. The van der Waals surface area contributed by atoms with Crippen molar-refractivity contribution in [2.24, 2.45) is 0 Å². The van der Waals surface area contributed by atoms with Crippen molar-refractivity contribution in [2.75, 3.05) is 18.0 Å². The lowest BCUT2D eigenvalue weighted by Crippen LogP contribution is -2.54. The highest BCUT2D eigenvalue weighted by atomic mass is 15.3. The van der Waals surface area contributed by atoms with Gasteiger partial charge in [-0.2, -0.15) is 0 Å². The first kappa shape index (κ1) is 9.46. The number of nitrogens with one attached hydrogen (secondary N) is 1. The Morgan fingerprint density at radius 1 is 1.43 bits per heavy atom. The first-order valence-corrected chi connectivity index (χ1v) is 5.18. The molecular weight excluding hydrogens is 174 g/mol. The molecule has 1 saturated heterocycles. The Kier molecular flexibility index (Phi) is 2.68. The molecule has 1 aromatic rings. The summed E-state index contributed by atoms with van der Waals surface area (Å²) >= 11 is 0. The summed E-state index contributed by atoms with van der Waals surface area (Å²) in [5.41, 5.74) is 0. The number of pyridine rings is 1. The van der Waals surface area contributed by atoms with Gasteiger partial charge in [0.15, 0.2) is 0 Å². The van der Waals surface area contributed by atoms with Crippen LogP contribution < -0.4 is 10.2 Å². The van der Waals surface area contributed by atoms with Crippen LogP contribution in [-0.4, -0.2) is 30.2 Å². The smallest absolute Gasteiger partial charge is 0.128 e. The van der Waals surface area contributed by atoms with Gasteiger partial charge in [-0.1, -0.05) is 6.07 Å². The standard InChI is InChI=1S/C11H17N3/c1-9-8-14(10(2)7-13-9)11-5-3-4-6-12-11/h3-6,9-10,13H,7-8H2,1-2H3. The molecule has 1 fully saturated rings. The molecule has 0 radical (unpaired) electrons. The fourth-order valence-electron chi connectivity index (χ4n) is 1.86. The van der Waals surface area contributed by atoms with Gasteiger partial charge in [0, 0.05) is 31.4 Å². The number of anilines is 1. The summed E-state index contributed by atoms with van der Waals surface area (Å²) in [6, 6.07) is 7.16. The number of hydrogen-bond acceptors (Lipinski definition) is 3. The predicted molar refractivity (Wildman–Crippen MR) is 58.5 cm³/mol. The Hall–Kier alpha value is -1.09. The Morgan fingerprint density at radius 3 is 3.00 bits per heavy atom. The lowest BCUT2D eigenvalue weighted by Gasteiger charge is -2.38. The quantitative estimate of drug-likeness (QED) is 0.724. The van der Waals surface area contributed by atoms with E-state index >= 15 is 0 Å². The van der Waals surface area contributed by atoms with Crippen molar-refractivity contribution in [3.05, 3.63) is 24.4 Å². The highest BCUT2D eigenvalue weighted by Crippen LogP contribution is 2.15.